The number of rotatable bonds is 5. The molecule has 0 radical (unpaired) electrons. The van der Waals surface area contributed by atoms with E-state index in [0.29, 0.717) is 11.7 Å². The molecule has 2 heterocycles. The Balaban J connectivity index is 1.40. The van der Waals surface area contributed by atoms with Gasteiger partial charge in [0.2, 0.25) is 5.91 Å². The smallest absolute Gasteiger partial charge is 0.377 e. The highest BCUT2D eigenvalue weighted by molar-refractivity contribution is 5.78. The molecule has 144 valence electrons. The van der Waals surface area contributed by atoms with E-state index in [1.165, 1.54) is 12.1 Å². The van der Waals surface area contributed by atoms with Crippen molar-refractivity contribution in [2.75, 3.05) is 26.2 Å². The third-order valence-corrected chi connectivity index (χ3v) is 5.08. The molecule has 26 heavy (non-hydrogen) atoms. The predicted octanol–water partition coefficient (Wildman–Crippen LogP) is 3.01. The standard InChI is InChI=1S/C19H25F3N2O2/c20-19(21,22)15-5-3-14(4-6-15)12-18(25)23-16-7-9-24(10-8-16)13-17-2-1-11-26-17/h3-6,16-17H,1-2,7-13H2,(H,23,25). The van der Waals surface area contributed by atoms with Crippen LogP contribution in [0.2, 0.25) is 0 Å². The van der Waals surface area contributed by atoms with Crippen LogP contribution in [0.5, 0.6) is 0 Å². The number of hydrogen-bond acceptors (Lipinski definition) is 3. The minimum absolute atomic E-state index is 0.105. The zero-order valence-electron chi connectivity index (χ0n) is 14.7. The van der Waals surface area contributed by atoms with Crippen LogP contribution in [0.15, 0.2) is 24.3 Å². The SMILES string of the molecule is O=C(Cc1ccc(C(F)(F)F)cc1)NC1CCN(CC2CCCO2)CC1. The molecular weight excluding hydrogens is 345 g/mol. The second-order valence-corrected chi connectivity index (χ2v) is 7.15. The fraction of sp³-hybridized carbons (Fsp3) is 0.632. The second-order valence-electron chi connectivity index (χ2n) is 7.15. The highest BCUT2D eigenvalue weighted by atomic mass is 19.4. The van der Waals surface area contributed by atoms with Gasteiger partial charge < -0.3 is 15.0 Å². The first kappa shape index (κ1) is 19.2. The van der Waals surface area contributed by atoms with Gasteiger partial charge in [0.15, 0.2) is 0 Å². The normalized spacial score (nSPS) is 22.5. The first-order chi connectivity index (χ1) is 12.4. The van der Waals surface area contributed by atoms with Crippen molar-refractivity contribution in [1.82, 2.24) is 10.2 Å². The van der Waals surface area contributed by atoms with Crippen molar-refractivity contribution >= 4 is 5.91 Å². The summed E-state index contributed by atoms with van der Waals surface area (Å²) in [4.78, 5) is 14.5. The number of piperidine rings is 1. The summed E-state index contributed by atoms with van der Waals surface area (Å²) in [7, 11) is 0. The van der Waals surface area contributed by atoms with Crippen molar-refractivity contribution in [1.29, 1.82) is 0 Å². The first-order valence-corrected chi connectivity index (χ1v) is 9.19. The van der Waals surface area contributed by atoms with Gasteiger partial charge in [-0.3, -0.25) is 4.79 Å². The molecule has 0 aromatic heterocycles. The van der Waals surface area contributed by atoms with Crippen LogP contribution in [0.1, 0.15) is 36.8 Å². The topological polar surface area (TPSA) is 41.6 Å². The van der Waals surface area contributed by atoms with Gasteiger partial charge in [-0.05, 0) is 43.4 Å². The Bertz CT molecular complexity index is 590. The summed E-state index contributed by atoms with van der Waals surface area (Å²) >= 11 is 0. The number of amides is 1. The first-order valence-electron chi connectivity index (χ1n) is 9.19. The lowest BCUT2D eigenvalue weighted by molar-refractivity contribution is -0.137. The quantitative estimate of drug-likeness (QED) is 0.866. The van der Waals surface area contributed by atoms with E-state index in [4.69, 9.17) is 4.74 Å². The van der Waals surface area contributed by atoms with E-state index in [-0.39, 0.29) is 18.4 Å². The molecule has 1 atom stereocenters. The van der Waals surface area contributed by atoms with E-state index >= 15 is 0 Å². The number of likely N-dealkylation sites (tertiary alicyclic amines) is 1. The van der Waals surface area contributed by atoms with Crippen LogP contribution in [0, 0.1) is 0 Å². The summed E-state index contributed by atoms with van der Waals surface area (Å²) in [5.41, 5.74) is -0.105. The van der Waals surface area contributed by atoms with Crippen LogP contribution in [-0.2, 0) is 22.1 Å². The van der Waals surface area contributed by atoms with E-state index in [0.717, 1.165) is 64.1 Å². The summed E-state index contributed by atoms with van der Waals surface area (Å²) in [6, 6.07) is 4.91. The molecule has 2 fully saturated rings. The number of carbonyl (C=O) groups is 1. The van der Waals surface area contributed by atoms with E-state index in [2.05, 4.69) is 10.2 Å². The maximum atomic E-state index is 12.6. The predicted molar refractivity (Wildman–Crippen MR) is 91.7 cm³/mol. The highest BCUT2D eigenvalue weighted by Crippen LogP contribution is 2.29. The third-order valence-electron chi connectivity index (χ3n) is 5.08. The van der Waals surface area contributed by atoms with E-state index < -0.39 is 11.7 Å². The molecule has 0 aliphatic carbocycles. The summed E-state index contributed by atoms with van der Waals surface area (Å²) in [6.07, 6.45) is 0.162. The van der Waals surface area contributed by atoms with Crippen molar-refractivity contribution in [2.45, 2.75) is 50.4 Å². The molecule has 1 amide bonds. The van der Waals surface area contributed by atoms with Gasteiger partial charge in [0.05, 0.1) is 18.1 Å². The number of carbonyl (C=O) groups excluding carboxylic acids is 1. The van der Waals surface area contributed by atoms with E-state index in [1.807, 2.05) is 0 Å². The zero-order valence-corrected chi connectivity index (χ0v) is 14.7. The minimum atomic E-state index is -4.35. The van der Waals surface area contributed by atoms with Gasteiger partial charge in [0, 0.05) is 32.3 Å². The lowest BCUT2D eigenvalue weighted by Crippen LogP contribution is -2.46. The average molecular weight is 370 g/mol. The largest absolute Gasteiger partial charge is 0.416 e. The van der Waals surface area contributed by atoms with Gasteiger partial charge in [-0.1, -0.05) is 12.1 Å². The fourth-order valence-corrected chi connectivity index (χ4v) is 3.61. The molecule has 3 rings (SSSR count). The van der Waals surface area contributed by atoms with Crippen LogP contribution in [0.4, 0.5) is 13.2 Å². The monoisotopic (exact) mass is 370 g/mol. The molecular formula is C19H25F3N2O2. The van der Waals surface area contributed by atoms with Crippen LogP contribution >= 0.6 is 0 Å². The number of halogens is 3. The van der Waals surface area contributed by atoms with E-state index in [1.54, 1.807) is 0 Å². The number of benzene rings is 1. The van der Waals surface area contributed by atoms with Crippen LogP contribution < -0.4 is 5.32 Å². The van der Waals surface area contributed by atoms with Crippen LogP contribution in [0.3, 0.4) is 0 Å². The Labute approximate surface area is 151 Å². The van der Waals surface area contributed by atoms with Crippen molar-refractivity contribution in [3.05, 3.63) is 35.4 Å². The number of ether oxygens (including phenoxy) is 1. The van der Waals surface area contributed by atoms with Crippen molar-refractivity contribution in [3.63, 3.8) is 0 Å². The number of nitrogens with one attached hydrogen (secondary N) is 1. The second kappa shape index (κ2) is 8.39. The molecule has 4 nitrogen and oxygen atoms in total. The van der Waals surface area contributed by atoms with Gasteiger partial charge in [0.1, 0.15) is 0 Å². The van der Waals surface area contributed by atoms with Crippen molar-refractivity contribution in [2.24, 2.45) is 0 Å². The molecule has 2 aliphatic rings. The van der Waals surface area contributed by atoms with Gasteiger partial charge in [0.25, 0.3) is 0 Å². The third kappa shape index (κ3) is 5.45. The van der Waals surface area contributed by atoms with Crippen molar-refractivity contribution < 1.29 is 22.7 Å². The number of alkyl halides is 3. The Morgan fingerprint density at radius 1 is 1.15 bits per heavy atom. The fourth-order valence-electron chi connectivity index (χ4n) is 3.61. The summed E-state index contributed by atoms with van der Waals surface area (Å²) in [5.74, 6) is -0.137. The molecule has 0 spiro atoms. The Morgan fingerprint density at radius 3 is 2.42 bits per heavy atom. The summed E-state index contributed by atoms with van der Waals surface area (Å²) in [6.45, 7) is 3.70. The lowest BCUT2D eigenvalue weighted by Gasteiger charge is -2.33. The Kier molecular flexibility index (Phi) is 6.19. The van der Waals surface area contributed by atoms with Crippen LogP contribution in [-0.4, -0.2) is 49.2 Å². The number of nitrogens with zero attached hydrogens (tertiary/aromatic N) is 1. The van der Waals surface area contributed by atoms with Gasteiger partial charge in [-0.15, -0.1) is 0 Å². The molecule has 7 heteroatoms. The Morgan fingerprint density at radius 2 is 1.85 bits per heavy atom. The molecule has 1 aromatic carbocycles. The minimum Gasteiger partial charge on any atom is -0.377 e. The van der Waals surface area contributed by atoms with Gasteiger partial charge >= 0.3 is 6.18 Å². The van der Waals surface area contributed by atoms with Crippen molar-refractivity contribution in [3.8, 4) is 0 Å². The summed E-state index contributed by atoms with van der Waals surface area (Å²) in [5, 5.41) is 3.01. The highest BCUT2D eigenvalue weighted by Gasteiger charge is 2.30. The molecule has 0 saturated carbocycles. The molecule has 1 aromatic rings. The van der Waals surface area contributed by atoms with Gasteiger partial charge in [-0.25, -0.2) is 0 Å². The Hall–Kier alpha value is -1.60. The molecule has 2 aliphatic heterocycles. The number of hydrogen-bond donors (Lipinski definition) is 1. The molecule has 1 unspecified atom stereocenters. The average Bonchev–Trinajstić information content (AvgIpc) is 3.09. The maximum Gasteiger partial charge on any atom is 0.416 e. The zero-order chi connectivity index (χ0) is 18.6. The molecule has 1 N–H and O–H groups in total. The molecule has 2 saturated heterocycles. The lowest BCUT2D eigenvalue weighted by atomic mass is 10.0. The molecule has 0 bridgehead atoms. The summed E-state index contributed by atoms with van der Waals surface area (Å²) < 4.78 is 43.3. The maximum absolute atomic E-state index is 12.6. The van der Waals surface area contributed by atoms with Crippen LogP contribution in [0.25, 0.3) is 0 Å². The van der Waals surface area contributed by atoms with E-state index in [9.17, 15) is 18.0 Å². The van der Waals surface area contributed by atoms with Gasteiger partial charge in [-0.2, -0.15) is 13.2 Å².